The van der Waals surface area contributed by atoms with Gasteiger partial charge in [0, 0.05) is 12.1 Å². The molecule has 2 saturated heterocycles. The van der Waals surface area contributed by atoms with Crippen molar-refractivity contribution in [1.82, 2.24) is 0 Å². The van der Waals surface area contributed by atoms with Crippen LogP contribution in [0.15, 0.2) is 36.4 Å². The number of aliphatic hydroxyl groups excluding tert-OH is 6. The number of aliphatic hydroxyl groups is 6. The van der Waals surface area contributed by atoms with Crippen LogP contribution in [0.2, 0.25) is 0 Å². The van der Waals surface area contributed by atoms with Crippen LogP contribution in [0.3, 0.4) is 0 Å². The Balaban J connectivity index is 1.55. The Morgan fingerprint density at radius 1 is 0.860 bits per heavy atom. The van der Waals surface area contributed by atoms with Crippen molar-refractivity contribution in [3.63, 3.8) is 0 Å². The second kappa shape index (κ2) is 13.4. The highest BCUT2D eigenvalue weighted by Crippen LogP contribution is 2.36. The number of phenols is 3. The molecule has 0 radical (unpaired) electrons. The molecule has 236 valence electrons. The third-order valence-corrected chi connectivity index (χ3v) is 7.12. The fraction of sp³-hybridized carbons (Fsp3) is 0.464. The first kappa shape index (κ1) is 32.4. The molecular formula is C28H34O15. The molecule has 15 nitrogen and oxygen atoms in total. The van der Waals surface area contributed by atoms with Crippen LogP contribution < -0.4 is 9.47 Å². The fourth-order valence-corrected chi connectivity index (χ4v) is 4.68. The van der Waals surface area contributed by atoms with Gasteiger partial charge in [0.05, 0.1) is 19.8 Å². The minimum Gasteiger partial charge on any atom is -0.507 e. The van der Waals surface area contributed by atoms with Crippen molar-refractivity contribution in [3.8, 4) is 28.7 Å². The van der Waals surface area contributed by atoms with E-state index in [1.807, 2.05) is 0 Å². The maximum atomic E-state index is 12.8. The van der Waals surface area contributed by atoms with Gasteiger partial charge in [0.25, 0.3) is 0 Å². The minimum absolute atomic E-state index is 0.162. The first-order valence-corrected chi connectivity index (χ1v) is 13.2. The van der Waals surface area contributed by atoms with Gasteiger partial charge in [-0.25, -0.2) is 0 Å². The molecule has 2 aromatic rings. The Labute approximate surface area is 245 Å². The summed E-state index contributed by atoms with van der Waals surface area (Å²) in [5.41, 5.74) is -0.0589. The van der Waals surface area contributed by atoms with E-state index < -0.39 is 90.9 Å². The van der Waals surface area contributed by atoms with Crippen molar-refractivity contribution >= 4 is 11.9 Å². The van der Waals surface area contributed by atoms with Crippen LogP contribution in [-0.4, -0.2) is 127 Å². The number of hydrogen-bond acceptors (Lipinski definition) is 15. The van der Waals surface area contributed by atoms with E-state index >= 15 is 0 Å². The number of ketones is 1. The van der Waals surface area contributed by atoms with E-state index in [1.54, 1.807) is 6.07 Å². The topological polar surface area (TPSA) is 245 Å². The van der Waals surface area contributed by atoms with E-state index in [9.17, 15) is 50.8 Å². The van der Waals surface area contributed by atoms with Crippen LogP contribution in [0.1, 0.15) is 22.8 Å². The van der Waals surface area contributed by atoms with Crippen molar-refractivity contribution in [1.29, 1.82) is 0 Å². The summed E-state index contributed by atoms with van der Waals surface area (Å²) >= 11 is 0. The fourth-order valence-electron chi connectivity index (χ4n) is 4.68. The number of ether oxygens (including phenoxy) is 5. The molecule has 10 unspecified atom stereocenters. The van der Waals surface area contributed by atoms with Crippen LogP contribution in [0.25, 0.3) is 6.08 Å². The third-order valence-electron chi connectivity index (χ3n) is 7.12. The molecule has 43 heavy (non-hydrogen) atoms. The average Bonchev–Trinajstić information content (AvgIpc) is 2.96. The van der Waals surface area contributed by atoms with Gasteiger partial charge in [0.15, 0.2) is 29.7 Å². The normalized spacial score (nSPS) is 32.9. The maximum Gasteiger partial charge on any atom is 0.229 e. The summed E-state index contributed by atoms with van der Waals surface area (Å²) in [4.78, 5) is 12.8. The molecule has 4 rings (SSSR count). The van der Waals surface area contributed by atoms with E-state index in [4.69, 9.17) is 23.7 Å². The van der Waals surface area contributed by atoms with Crippen LogP contribution in [0.4, 0.5) is 0 Å². The highest BCUT2D eigenvalue weighted by Gasteiger charge is 2.51. The predicted octanol–water partition coefficient (Wildman–Crippen LogP) is -1.26. The van der Waals surface area contributed by atoms with E-state index in [1.165, 1.54) is 32.2 Å². The molecule has 10 atom stereocenters. The average molecular weight is 611 g/mol. The van der Waals surface area contributed by atoms with Gasteiger partial charge in [-0.2, -0.15) is 0 Å². The monoisotopic (exact) mass is 610 g/mol. The van der Waals surface area contributed by atoms with E-state index in [0.717, 1.165) is 18.2 Å². The number of carbonyl (C=O) groups excluding carboxylic acids is 1. The number of allylic oxidation sites excluding steroid dienone is 1. The van der Waals surface area contributed by atoms with Crippen molar-refractivity contribution < 1.29 is 74.4 Å². The summed E-state index contributed by atoms with van der Waals surface area (Å²) in [5, 5.41) is 92.2. The van der Waals surface area contributed by atoms with Crippen molar-refractivity contribution in [2.75, 3.05) is 13.7 Å². The zero-order chi connectivity index (χ0) is 31.6. The van der Waals surface area contributed by atoms with Gasteiger partial charge in [0.2, 0.25) is 6.29 Å². The van der Waals surface area contributed by atoms with Gasteiger partial charge < -0.3 is 69.6 Å². The molecule has 9 N–H and O–H groups in total. The highest BCUT2D eigenvalue weighted by molar-refractivity contribution is 6.10. The number of hydrogen-bond donors (Lipinski definition) is 9. The van der Waals surface area contributed by atoms with Crippen molar-refractivity contribution in [2.45, 2.75) is 68.3 Å². The van der Waals surface area contributed by atoms with E-state index in [-0.39, 0.29) is 17.2 Å². The molecular weight excluding hydrogens is 576 g/mol. The van der Waals surface area contributed by atoms with E-state index in [0.29, 0.717) is 5.56 Å². The third kappa shape index (κ3) is 6.85. The van der Waals surface area contributed by atoms with E-state index in [2.05, 4.69) is 0 Å². The molecule has 0 saturated carbocycles. The summed E-state index contributed by atoms with van der Waals surface area (Å²) in [6, 6.07) is 6.30. The lowest BCUT2D eigenvalue weighted by Crippen LogP contribution is -2.64. The summed E-state index contributed by atoms with van der Waals surface area (Å²) in [6.07, 6.45) is -13.3. The summed E-state index contributed by atoms with van der Waals surface area (Å²) < 4.78 is 27.2. The lowest BCUT2D eigenvalue weighted by Gasteiger charge is -2.45. The van der Waals surface area contributed by atoms with Crippen LogP contribution >= 0.6 is 0 Å². The standard InChI is InChI=1S/C28H34O15/c1-11-21(34)23(36)25(38)27(40-11)43-26-24(37)22(35)19(10-29)42-28(26)41-13-8-16(32)20(17(33)9-13)14(30)5-3-12-4-6-18(39-2)15(31)7-12/h3-9,11,19,21-29,31-38H,10H2,1-2H3/b5-3+. The SMILES string of the molecule is COc1ccc(/C=C/C(=O)c2c(O)cc(OC3OC(CO)C(O)C(O)C3OC3OC(C)C(O)C(O)C3O)cc2O)cc1O. The van der Waals surface area contributed by atoms with Gasteiger partial charge in [-0.15, -0.1) is 0 Å². The number of phenolic OH excluding ortho intramolecular Hbond substituents is 3. The quantitative estimate of drug-likeness (QED) is 0.119. The molecule has 0 amide bonds. The smallest absolute Gasteiger partial charge is 0.229 e. The van der Waals surface area contributed by atoms with Gasteiger partial charge >= 0.3 is 0 Å². The molecule has 0 bridgehead atoms. The lowest BCUT2D eigenvalue weighted by atomic mass is 9.97. The zero-order valence-electron chi connectivity index (χ0n) is 23.0. The number of rotatable bonds is 9. The first-order valence-electron chi connectivity index (χ1n) is 13.2. The second-order valence-electron chi connectivity index (χ2n) is 10.1. The molecule has 2 aliphatic heterocycles. The summed E-state index contributed by atoms with van der Waals surface area (Å²) in [5.74, 6) is -2.43. The number of aromatic hydroxyl groups is 3. The largest absolute Gasteiger partial charge is 0.507 e. The van der Waals surface area contributed by atoms with Crippen molar-refractivity contribution in [3.05, 3.63) is 47.5 Å². The molecule has 0 spiro atoms. The number of carbonyl (C=O) groups is 1. The Morgan fingerprint density at radius 2 is 1.53 bits per heavy atom. The summed E-state index contributed by atoms with van der Waals surface area (Å²) in [6.45, 7) is 0.649. The Morgan fingerprint density at radius 3 is 2.14 bits per heavy atom. The maximum absolute atomic E-state index is 12.8. The Bertz CT molecular complexity index is 1290. The summed E-state index contributed by atoms with van der Waals surface area (Å²) in [7, 11) is 1.38. The zero-order valence-corrected chi connectivity index (χ0v) is 23.0. The highest BCUT2D eigenvalue weighted by atomic mass is 16.8. The molecule has 2 aromatic carbocycles. The Kier molecular flexibility index (Phi) is 10.1. The first-order chi connectivity index (χ1) is 20.4. The molecule has 15 heteroatoms. The molecule has 2 aliphatic rings. The Hall–Kier alpha value is -3.51. The van der Waals surface area contributed by atoms with Crippen molar-refractivity contribution in [2.24, 2.45) is 0 Å². The van der Waals surface area contributed by atoms with Crippen LogP contribution in [0.5, 0.6) is 28.7 Å². The minimum atomic E-state index is -1.79. The number of methoxy groups -OCH3 is 1. The second-order valence-corrected chi connectivity index (χ2v) is 10.1. The molecule has 2 fully saturated rings. The lowest BCUT2D eigenvalue weighted by molar-refractivity contribution is -0.354. The van der Waals surface area contributed by atoms with Gasteiger partial charge in [0.1, 0.15) is 59.4 Å². The predicted molar refractivity (Wildman–Crippen MR) is 143 cm³/mol. The van der Waals surface area contributed by atoms with Crippen LogP contribution in [0, 0.1) is 0 Å². The molecule has 0 aromatic heterocycles. The van der Waals surface area contributed by atoms with Crippen LogP contribution in [-0.2, 0) is 14.2 Å². The van der Waals surface area contributed by atoms with Gasteiger partial charge in [-0.1, -0.05) is 12.1 Å². The molecule has 0 aliphatic carbocycles. The molecule has 2 heterocycles. The van der Waals surface area contributed by atoms with Gasteiger partial charge in [-0.3, -0.25) is 4.79 Å². The van der Waals surface area contributed by atoms with Gasteiger partial charge in [-0.05, 0) is 30.7 Å². The number of benzene rings is 2.